The molecule has 0 spiro atoms. The second-order valence-electron chi connectivity index (χ2n) is 6.67. The van der Waals surface area contributed by atoms with E-state index in [9.17, 15) is 4.79 Å². The molecule has 4 heteroatoms. The van der Waals surface area contributed by atoms with Crippen molar-refractivity contribution in [1.82, 2.24) is 4.98 Å². The van der Waals surface area contributed by atoms with Crippen LogP contribution in [-0.2, 0) is 20.1 Å². The quantitative estimate of drug-likeness (QED) is 0.135. The number of pyridine rings is 1. The molecule has 30 heavy (non-hydrogen) atoms. The Morgan fingerprint density at radius 3 is 2.33 bits per heavy atom. The SMILES string of the molecule is C/C(O)=C/C(=O)c1ccc(C)cc1.[Ir].[c-]1ccccc1-c1nccc2ccccc12. The van der Waals surface area contributed by atoms with Gasteiger partial charge in [-0.05, 0) is 36.4 Å². The number of benzene rings is 3. The van der Waals surface area contributed by atoms with Gasteiger partial charge in [-0.15, -0.1) is 35.9 Å². The Hall–Kier alpha value is -3.07. The number of aliphatic hydroxyl groups excluding tert-OH is 1. The second kappa shape index (κ2) is 11.2. The first kappa shape index (κ1) is 23.2. The summed E-state index contributed by atoms with van der Waals surface area (Å²) >= 11 is 0. The van der Waals surface area contributed by atoms with E-state index in [-0.39, 0.29) is 31.6 Å². The summed E-state index contributed by atoms with van der Waals surface area (Å²) in [4.78, 5) is 15.8. The van der Waals surface area contributed by atoms with E-state index in [0.717, 1.165) is 16.8 Å². The topological polar surface area (TPSA) is 50.2 Å². The van der Waals surface area contributed by atoms with Gasteiger partial charge < -0.3 is 10.1 Å². The largest absolute Gasteiger partial charge is 0.512 e. The molecule has 0 unspecified atom stereocenters. The van der Waals surface area contributed by atoms with Crippen LogP contribution in [0, 0.1) is 13.0 Å². The maximum Gasteiger partial charge on any atom is 0.189 e. The number of aryl methyl sites for hydroxylation is 1. The number of aromatic nitrogens is 1. The predicted octanol–water partition coefficient (Wildman–Crippen LogP) is 6.34. The minimum Gasteiger partial charge on any atom is -0.512 e. The maximum absolute atomic E-state index is 11.3. The predicted molar refractivity (Wildman–Crippen MR) is 118 cm³/mol. The van der Waals surface area contributed by atoms with Gasteiger partial charge in [0.05, 0.1) is 5.76 Å². The molecule has 0 aliphatic carbocycles. The van der Waals surface area contributed by atoms with Crippen molar-refractivity contribution in [2.45, 2.75) is 13.8 Å². The van der Waals surface area contributed by atoms with Gasteiger partial charge in [0, 0.05) is 37.9 Å². The minimum absolute atomic E-state index is 0. The molecule has 4 aromatic rings. The van der Waals surface area contributed by atoms with E-state index in [1.165, 1.54) is 23.8 Å². The van der Waals surface area contributed by atoms with E-state index in [1.54, 1.807) is 12.1 Å². The second-order valence-corrected chi connectivity index (χ2v) is 6.67. The molecule has 1 aromatic heterocycles. The Kier molecular flexibility index (Phi) is 8.67. The van der Waals surface area contributed by atoms with Crippen LogP contribution in [-0.4, -0.2) is 15.9 Å². The zero-order valence-corrected chi connectivity index (χ0v) is 19.2. The Labute approximate surface area is 190 Å². The first-order valence-corrected chi connectivity index (χ1v) is 9.33. The Morgan fingerprint density at radius 1 is 0.967 bits per heavy atom. The van der Waals surface area contributed by atoms with Crippen molar-refractivity contribution >= 4 is 16.6 Å². The molecule has 1 radical (unpaired) electrons. The number of hydrogen-bond donors (Lipinski definition) is 1. The van der Waals surface area contributed by atoms with Crippen molar-refractivity contribution in [2.24, 2.45) is 0 Å². The number of allylic oxidation sites excluding steroid dienone is 2. The number of rotatable bonds is 3. The standard InChI is InChI=1S/C15H10N.C11H12O2.Ir/c1-2-7-13(8-3-1)15-14-9-5-4-6-12(14)10-11-16-15;1-8-3-5-10(6-4-8)11(13)7-9(2)12;/h1-7,9-11H;3-7,12H,1-2H3;/q-1;;/b;9-7-;. The summed E-state index contributed by atoms with van der Waals surface area (Å²) in [6.07, 6.45) is 3.06. The Morgan fingerprint density at radius 2 is 1.67 bits per heavy atom. The summed E-state index contributed by atoms with van der Waals surface area (Å²) in [6, 6.07) is 28.7. The van der Waals surface area contributed by atoms with Crippen LogP contribution in [0.4, 0.5) is 0 Å². The van der Waals surface area contributed by atoms with Gasteiger partial charge in [-0.25, -0.2) is 0 Å². The van der Waals surface area contributed by atoms with Gasteiger partial charge >= 0.3 is 0 Å². The van der Waals surface area contributed by atoms with Gasteiger partial charge in [0.15, 0.2) is 5.78 Å². The van der Waals surface area contributed by atoms with Crippen LogP contribution in [0.1, 0.15) is 22.8 Å². The molecule has 0 aliphatic heterocycles. The van der Waals surface area contributed by atoms with Crippen LogP contribution in [0.2, 0.25) is 0 Å². The van der Waals surface area contributed by atoms with Gasteiger partial charge in [-0.3, -0.25) is 4.79 Å². The van der Waals surface area contributed by atoms with Crippen LogP contribution in [0.15, 0.2) is 96.9 Å². The van der Waals surface area contributed by atoms with E-state index in [0.29, 0.717) is 5.56 Å². The Bertz CT molecular complexity index is 1130. The van der Waals surface area contributed by atoms with E-state index < -0.39 is 0 Å². The molecule has 1 heterocycles. The normalized spacial score (nSPS) is 10.5. The van der Waals surface area contributed by atoms with Crippen molar-refractivity contribution < 1.29 is 30.0 Å². The van der Waals surface area contributed by atoms with Crippen molar-refractivity contribution in [1.29, 1.82) is 0 Å². The van der Waals surface area contributed by atoms with Crippen LogP contribution in [0.25, 0.3) is 22.0 Å². The fourth-order valence-electron chi connectivity index (χ4n) is 2.87. The summed E-state index contributed by atoms with van der Waals surface area (Å²) in [5.74, 6) is -0.134. The molecule has 153 valence electrons. The summed E-state index contributed by atoms with van der Waals surface area (Å²) < 4.78 is 0. The molecule has 0 saturated carbocycles. The average Bonchev–Trinajstić information content (AvgIpc) is 2.74. The molecule has 0 atom stereocenters. The first-order valence-electron chi connectivity index (χ1n) is 9.33. The molecule has 4 rings (SSSR count). The molecule has 0 aliphatic rings. The third-order valence-corrected chi connectivity index (χ3v) is 4.31. The van der Waals surface area contributed by atoms with Crippen LogP contribution < -0.4 is 0 Å². The molecule has 0 saturated heterocycles. The maximum atomic E-state index is 11.3. The minimum atomic E-state index is -0.167. The molecule has 0 amide bonds. The number of carbonyl (C=O) groups excluding carboxylic acids is 1. The van der Waals surface area contributed by atoms with Gasteiger partial charge in [0.2, 0.25) is 0 Å². The number of carbonyl (C=O) groups is 1. The van der Waals surface area contributed by atoms with Gasteiger partial charge in [-0.1, -0.05) is 54.1 Å². The fourth-order valence-corrected chi connectivity index (χ4v) is 2.87. The van der Waals surface area contributed by atoms with Crippen molar-refractivity contribution in [3.05, 3.63) is 114 Å². The molecular weight excluding hydrogens is 551 g/mol. The number of ketones is 1. The average molecular weight is 573 g/mol. The summed E-state index contributed by atoms with van der Waals surface area (Å²) in [5.41, 5.74) is 3.75. The monoisotopic (exact) mass is 573 g/mol. The van der Waals surface area contributed by atoms with Gasteiger partial charge in [0.1, 0.15) is 0 Å². The van der Waals surface area contributed by atoms with Crippen molar-refractivity contribution in [2.75, 3.05) is 0 Å². The smallest absolute Gasteiger partial charge is 0.189 e. The molecule has 3 nitrogen and oxygen atoms in total. The van der Waals surface area contributed by atoms with E-state index in [2.05, 4.69) is 23.2 Å². The molecular formula is C26H22IrNO2-. The fraction of sp³-hybridized carbons (Fsp3) is 0.0769. The van der Waals surface area contributed by atoms with Crippen LogP contribution >= 0.6 is 0 Å². The third-order valence-electron chi connectivity index (χ3n) is 4.31. The Balaban J connectivity index is 0.000000212. The van der Waals surface area contributed by atoms with Gasteiger partial charge in [0.25, 0.3) is 0 Å². The van der Waals surface area contributed by atoms with Crippen molar-refractivity contribution in [3.63, 3.8) is 0 Å². The summed E-state index contributed by atoms with van der Waals surface area (Å²) in [7, 11) is 0. The molecule has 0 bridgehead atoms. The van der Waals surface area contributed by atoms with Crippen LogP contribution in [0.5, 0.6) is 0 Å². The van der Waals surface area contributed by atoms with Crippen molar-refractivity contribution in [3.8, 4) is 11.3 Å². The molecule has 3 aromatic carbocycles. The zero-order chi connectivity index (χ0) is 20.6. The zero-order valence-electron chi connectivity index (χ0n) is 16.8. The number of hydrogen-bond acceptors (Lipinski definition) is 3. The number of nitrogens with zero attached hydrogens (tertiary/aromatic N) is 1. The van der Waals surface area contributed by atoms with E-state index in [4.69, 9.17) is 5.11 Å². The van der Waals surface area contributed by atoms with Gasteiger partial charge in [-0.2, -0.15) is 0 Å². The van der Waals surface area contributed by atoms with E-state index >= 15 is 0 Å². The first-order chi connectivity index (χ1) is 14.0. The third kappa shape index (κ3) is 6.21. The number of fused-ring (bicyclic) bond motifs is 1. The van der Waals surface area contributed by atoms with Crippen LogP contribution in [0.3, 0.4) is 0 Å². The number of aliphatic hydroxyl groups is 1. The summed E-state index contributed by atoms with van der Waals surface area (Å²) in [5, 5.41) is 11.3. The summed E-state index contributed by atoms with van der Waals surface area (Å²) in [6.45, 7) is 3.44. The molecule has 1 N–H and O–H groups in total. The van der Waals surface area contributed by atoms with E-state index in [1.807, 2.05) is 67.7 Å². The molecule has 0 fully saturated rings.